The van der Waals surface area contributed by atoms with Crippen molar-refractivity contribution in [2.75, 3.05) is 0 Å². The molecule has 0 spiro atoms. The van der Waals surface area contributed by atoms with E-state index in [2.05, 4.69) is 89.1 Å². The molecule has 30 heavy (non-hydrogen) atoms. The predicted octanol–water partition coefficient (Wildman–Crippen LogP) is 7.05. The molecule has 4 heteroatoms. The van der Waals surface area contributed by atoms with E-state index in [0.717, 1.165) is 16.7 Å². The maximum Gasteiger partial charge on any atom is 0.115 e. The molecule has 0 saturated carbocycles. The summed E-state index contributed by atoms with van der Waals surface area (Å²) in [5.41, 5.74) is 4.91. The molecule has 0 unspecified atom stereocenters. The first-order valence-electron chi connectivity index (χ1n) is 9.80. The van der Waals surface area contributed by atoms with Gasteiger partial charge in [0.1, 0.15) is 11.0 Å². The molecular formula is C26H16ClN3. The van der Waals surface area contributed by atoms with Crippen molar-refractivity contribution in [2.24, 2.45) is 0 Å². The Morgan fingerprint density at radius 1 is 0.600 bits per heavy atom. The molecule has 0 saturated heterocycles. The zero-order valence-corrected chi connectivity index (χ0v) is 16.7. The SMILES string of the molecule is Clc1ccc2nn(-c3ccc(-c4cc5ccccc5c5ccccc45)cc3)nc2c1. The van der Waals surface area contributed by atoms with Crippen LogP contribution in [0.15, 0.2) is 97.1 Å². The number of halogens is 1. The van der Waals surface area contributed by atoms with Gasteiger partial charge < -0.3 is 0 Å². The topological polar surface area (TPSA) is 30.7 Å². The molecule has 6 aromatic rings. The largest absolute Gasteiger partial charge is 0.150 e. The molecule has 0 N–H and O–H groups in total. The van der Waals surface area contributed by atoms with Gasteiger partial charge in [-0.2, -0.15) is 4.80 Å². The Labute approximate surface area is 178 Å². The summed E-state index contributed by atoms with van der Waals surface area (Å²) < 4.78 is 0. The van der Waals surface area contributed by atoms with E-state index in [4.69, 9.17) is 11.6 Å². The highest BCUT2D eigenvalue weighted by atomic mass is 35.5. The lowest BCUT2D eigenvalue weighted by Crippen LogP contribution is -1.98. The van der Waals surface area contributed by atoms with Gasteiger partial charge in [0.25, 0.3) is 0 Å². The third-order valence-electron chi connectivity index (χ3n) is 5.52. The molecule has 0 aliphatic heterocycles. The van der Waals surface area contributed by atoms with Gasteiger partial charge >= 0.3 is 0 Å². The van der Waals surface area contributed by atoms with Crippen molar-refractivity contribution >= 4 is 44.2 Å². The van der Waals surface area contributed by atoms with Crippen LogP contribution in [0.5, 0.6) is 0 Å². The summed E-state index contributed by atoms with van der Waals surface area (Å²) in [4.78, 5) is 1.66. The normalized spacial score (nSPS) is 11.5. The molecule has 1 aromatic heterocycles. The number of hydrogen-bond donors (Lipinski definition) is 0. The summed E-state index contributed by atoms with van der Waals surface area (Å²) in [6, 6.07) is 33.3. The maximum atomic E-state index is 6.07. The Kier molecular flexibility index (Phi) is 3.83. The number of aromatic nitrogens is 3. The van der Waals surface area contributed by atoms with Crippen LogP contribution in [0, 0.1) is 0 Å². The van der Waals surface area contributed by atoms with Gasteiger partial charge in [-0.3, -0.25) is 0 Å². The first kappa shape index (κ1) is 17.2. The van der Waals surface area contributed by atoms with Crippen LogP contribution < -0.4 is 0 Å². The Morgan fingerprint density at radius 2 is 1.30 bits per heavy atom. The van der Waals surface area contributed by atoms with Crippen molar-refractivity contribution in [2.45, 2.75) is 0 Å². The predicted molar refractivity (Wildman–Crippen MR) is 124 cm³/mol. The maximum absolute atomic E-state index is 6.07. The molecule has 0 amide bonds. The highest BCUT2D eigenvalue weighted by molar-refractivity contribution is 6.31. The summed E-state index contributed by atoms with van der Waals surface area (Å²) in [6.07, 6.45) is 0. The van der Waals surface area contributed by atoms with Crippen molar-refractivity contribution < 1.29 is 0 Å². The first-order valence-corrected chi connectivity index (χ1v) is 10.2. The van der Waals surface area contributed by atoms with Crippen LogP contribution in [0.3, 0.4) is 0 Å². The zero-order valence-electron chi connectivity index (χ0n) is 16.0. The van der Waals surface area contributed by atoms with E-state index in [-0.39, 0.29) is 0 Å². The molecule has 0 bridgehead atoms. The highest BCUT2D eigenvalue weighted by Gasteiger charge is 2.10. The zero-order chi connectivity index (χ0) is 20.1. The van der Waals surface area contributed by atoms with E-state index >= 15 is 0 Å². The Bertz CT molecular complexity index is 1550. The number of hydrogen-bond acceptors (Lipinski definition) is 2. The summed E-state index contributed by atoms with van der Waals surface area (Å²) in [5, 5.41) is 14.8. The molecule has 6 rings (SSSR count). The van der Waals surface area contributed by atoms with Crippen molar-refractivity contribution in [3.05, 3.63) is 102 Å². The minimum Gasteiger partial charge on any atom is -0.150 e. The monoisotopic (exact) mass is 405 g/mol. The van der Waals surface area contributed by atoms with Crippen molar-refractivity contribution in [1.29, 1.82) is 0 Å². The fourth-order valence-electron chi connectivity index (χ4n) is 4.07. The van der Waals surface area contributed by atoms with Crippen LogP contribution in [0.2, 0.25) is 5.02 Å². The van der Waals surface area contributed by atoms with Crippen molar-refractivity contribution in [3.8, 4) is 16.8 Å². The summed E-state index contributed by atoms with van der Waals surface area (Å²) in [6.45, 7) is 0. The molecule has 0 fully saturated rings. The average molecular weight is 406 g/mol. The van der Waals surface area contributed by atoms with Crippen LogP contribution in [0.25, 0.3) is 49.4 Å². The third-order valence-corrected chi connectivity index (χ3v) is 5.75. The van der Waals surface area contributed by atoms with Gasteiger partial charge in [-0.15, -0.1) is 10.2 Å². The first-order chi connectivity index (χ1) is 14.8. The van der Waals surface area contributed by atoms with Gasteiger partial charge in [0.05, 0.1) is 5.69 Å². The van der Waals surface area contributed by atoms with E-state index in [1.54, 1.807) is 4.80 Å². The van der Waals surface area contributed by atoms with E-state index in [0.29, 0.717) is 5.02 Å². The second-order valence-corrected chi connectivity index (χ2v) is 7.80. The smallest absolute Gasteiger partial charge is 0.115 e. The number of rotatable bonds is 2. The van der Waals surface area contributed by atoms with Gasteiger partial charge in [-0.05, 0) is 69.1 Å². The van der Waals surface area contributed by atoms with Gasteiger partial charge in [0.2, 0.25) is 0 Å². The lowest BCUT2D eigenvalue weighted by Gasteiger charge is -2.11. The third kappa shape index (κ3) is 2.75. The molecule has 1 heterocycles. The van der Waals surface area contributed by atoms with Crippen LogP contribution in [-0.4, -0.2) is 15.0 Å². The second kappa shape index (κ2) is 6.68. The summed E-state index contributed by atoms with van der Waals surface area (Å²) in [5.74, 6) is 0. The van der Waals surface area contributed by atoms with Crippen LogP contribution in [-0.2, 0) is 0 Å². The molecule has 0 aliphatic rings. The molecule has 5 aromatic carbocycles. The van der Waals surface area contributed by atoms with Gasteiger partial charge in [-0.25, -0.2) is 0 Å². The van der Waals surface area contributed by atoms with Gasteiger partial charge in [-0.1, -0.05) is 72.3 Å². The van der Waals surface area contributed by atoms with E-state index in [1.807, 2.05) is 18.2 Å². The lowest BCUT2D eigenvalue weighted by atomic mass is 9.93. The molecular weight excluding hydrogens is 390 g/mol. The number of fused-ring (bicyclic) bond motifs is 4. The molecule has 142 valence electrons. The highest BCUT2D eigenvalue weighted by Crippen LogP contribution is 2.35. The Morgan fingerprint density at radius 3 is 2.13 bits per heavy atom. The standard InChI is InChI=1S/C26H16ClN3/c27-19-11-14-25-26(16-19)29-30(28-25)20-12-9-17(10-13-20)24-15-18-5-1-2-6-21(18)22-7-3-4-8-23(22)24/h1-16H. The molecule has 3 nitrogen and oxygen atoms in total. The molecule has 0 atom stereocenters. The molecule has 0 radical (unpaired) electrons. The van der Waals surface area contributed by atoms with E-state index in [9.17, 15) is 0 Å². The Hall–Kier alpha value is -3.69. The fraction of sp³-hybridized carbons (Fsp3) is 0. The van der Waals surface area contributed by atoms with Crippen LogP contribution in [0.1, 0.15) is 0 Å². The van der Waals surface area contributed by atoms with Gasteiger partial charge in [0, 0.05) is 5.02 Å². The minimum absolute atomic E-state index is 0.660. The minimum atomic E-state index is 0.660. The van der Waals surface area contributed by atoms with Crippen molar-refractivity contribution in [3.63, 3.8) is 0 Å². The van der Waals surface area contributed by atoms with Crippen molar-refractivity contribution in [1.82, 2.24) is 15.0 Å². The number of benzene rings is 5. The van der Waals surface area contributed by atoms with Gasteiger partial charge in [0.15, 0.2) is 0 Å². The van der Waals surface area contributed by atoms with E-state index in [1.165, 1.54) is 32.7 Å². The quantitative estimate of drug-likeness (QED) is 0.289. The average Bonchev–Trinajstić information content (AvgIpc) is 3.22. The Balaban J connectivity index is 1.49. The number of nitrogens with zero attached hydrogens (tertiary/aromatic N) is 3. The van der Waals surface area contributed by atoms with E-state index < -0.39 is 0 Å². The summed E-state index contributed by atoms with van der Waals surface area (Å²) in [7, 11) is 0. The lowest BCUT2D eigenvalue weighted by molar-refractivity contribution is 0.766. The van der Waals surface area contributed by atoms with Crippen LogP contribution in [0.4, 0.5) is 0 Å². The fourth-order valence-corrected chi connectivity index (χ4v) is 4.24. The summed E-state index contributed by atoms with van der Waals surface area (Å²) >= 11 is 6.07. The second-order valence-electron chi connectivity index (χ2n) is 7.36. The van der Waals surface area contributed by atoms with Crippen LogP contribution >= 0.6 is 11.6 Å². The molecule has 0 aliphatic carbocycles.